The van der Waals surface area contributed by atoms with Crippen LogP contribution < -0.4 is 5.32 Å². The van der Waals surface area contributed by atoms with Crippen molar-refractivity contribution >= 4 is 17.5 Å². The fraction of sp³-hybridized carbons (Fsp3) is 0.875. The number of rotatable bonds is 3. The number of hydrogen-bond acceptors (Lipinski definition) is 2. The van der Waals surface area contributed by atoms with Crippen LogP contribution in [0.2, 0.25) is 0 Å². The lowest BCUT2D eigenvalue weighted by molar-refractivity contribution is -0.124. The van der Waals surface area contributed by atoms with Crippen molar-refractivity contribution in [3.05, 3.63) is 0 Å². The molecule has 0 fully saturated rings. The Morgan fingerprint density at radius 2 is 1.92 bits per heavy atom. The summed E-state index contributed by atoms with van der Waals surface area (Å²) < 4.78 is 0. The molecule has 2 N–H and O–H groups in total. The third kappa shape index (κ3) is 3.93. The maximum absolute atomic E-state index is 11.2. The van der Waals surface area contributed by atoms with Gasteiger partial charge in [0.15, 0.2) is 0 Å². The minimum absolute atomic E-state index is 0.266. The maximum Gasteiger partial charge on any atom is 0.240 e. The fourth-order valence-electron chi connectivity index (χ4n) is 0.499. The quantitative estimate of drug-likeness (QED) is 0.655. The Kier molecular flexibility index (Phi) is 4.00. The molecule has 0 bridgehead atoms. The summed E-state index contributed by atoms with van der Waals surface area (Å²) in [6.45, 7) is 6.56. The van der Waals surface area contributed by atoms with E-state index >= 15 is 0 Å². The minimum Gasteiger partial charge on any atom is -0.391 e. The predicted molar refractivity (Wildman–Crippen MR) is 49.2 cm³/mol. The maximum atomic E-state index is 11.2. The van der Waals surface area contributed by atoms with Gasteiger partial charge in [0.25, 0.3) is 0 Å². The van der Waals surface area contributed by atoms with Crippen LogP contribution in [0.4, 0.5) is 0 Å². The van der Waals surface area contributed by atoms with Crippen LogP contribution >= 0.6 is 11.6 Å². The van der Waals surface area contributed by atoms with Crippen LogP contribution in [0, 0.1) is 0 Å². The third-order valence-electron chi connectivity index (χ3n) is 1.62. The Bertz CT molecular complexity index is 163. The summed E-state index contributed by atoms with van der Waals surface area (Å²) in [6.07, 6.45) is -0.562. The van der Waals surface area contributed by atoms with Gasteiger partial charge in [0, 0.05) is 0 Å². The lowest BCUT2D eigenvalue weighted by atomic mass is 10.1. The van der Waals surface area contributed by atoms with Gasteiger partial charge in [0.1, 0.15) is 4.87 Å². The first-order valence-corrected chi connectivity index (χ1v) is 4.31. The molecule has 1 amide bonds. The number of aliphatic hydroxyl groups excluding tert-OH is 1. The molecule has 0 aromatic rings. The van der Waals surface area contributed by atoms with Gasteiger partial charge in [-0.15, -0.1) is 11.6 Å². The fourth-order valence-corrected chi connectivity index (χ4v) is 0.554. The summed E-state index contributed by atoms with van der Waals surface area (Å²) in [5.74, 6) is -0.266. The average molecular weight is 194 g/mol. The Morgan fingerprint density at radius 1 is 1.50 bits per heavy atom. The second-order valence-electron chi connectivity index (χ2n) is 3.48. The molecule has 0 spiro atoms. The zero-order valence-corrected chi connectivity index (χ0v) is 8.64. The molecule has 0 aromatic carbocycles. The van der Waals surface area contributed by atoms with E-state index in [0.29, 0.717) is 0 Å². The van der Waals surface area contributed by atoms with Crippen LogP contribution in [0.3, 0.4) is 0 Å². The Balaban J connectivity index is 4.02. The van der Waals surface area contributed by atoms with Crippen molar-refractivity contribution in [3.8, 4) is 0 Å². The van der Waals surface area contributed by atoms with Crippen molar-refractivity contribution in [1.82, 2.24) is 5.32 Å². The van der Waals surface area contributed by atoms with Crippen LogP contribution in [-0.4, -0.2) is 28.0 Å². The smallest absolute Gasteiger partial charge is 0.240 e. The molecule has 2 unspecified atom stereocenters. The van der Waals surface area contributed by atoms with E-state index in [4.69, 9.17) is 16.7 Å². The third-order valence-corrected chi connectivity index (χ3v) is 1.79. The summed E-state index contributed by atoms with van der Waals surface area (Å²) in [5.41, 5.74) is 0. The molecule has 3 nitrogen and oxygen atoms in total. The zero-order chi connectivity index (χ0) is 9.94. The number of amides is 1. The van der Waals surface area contributed by atoms with Crippen molar-refractivity contribution < 1.29 is 9.90 Å². The van der Waals surface area contributed by atoms with Crippen LogP contribution in [0.5, 0.6) is 0 Å². The summed E-state index contributed by atoms with van der Waals surface area (Å²) >= 11 is 5.74. The highest BCUT2D eigenvalue weighted by atomic mass is 35.5. The number of aliphatic hydroxyl groups is 1. The monoisotopic (exact) mass is 193 g/mol. The highest BCUT2D eigenvalue weighted by Crippen LogP contribution is 2.12. The minimum atomic E-state index is -0.914. The van der Waals surface area contributed by atoms with Crippen LogP contribution in [0.15, 0.2) is 0 Å². The predicted octanol–water partition coefficient (Wildman–Crippen LogP) is 0.889. The standard InChI is InChI=1S/C8H16ClNO2/c1-5(6(2)11)10-7(12)8(3,4)9/h5-6,11H,1-4H3,(H,10,12). The highest BCUT2D eigenvalue weighted by Gasteiger charge is 2.26. The second-order valence-corrected chi connectivity index (χ2v) is 4.42. The van der Waals surface area contributed by atoms with Gasteiger partial charge in [0.05, 0.1) is 12.1 Å². The number of carbonyl (C=O) groups excluding carboxylic acids is 1. The number of carbonyl (C=O) groups is 1. The normalized spacial score (nSPS) is 16.8. The van der Waals surface area contributed by atoms with Crippen molar-refractivity contribution in [2.75, 3.05) is 0 Å². The molecule has 0 rings (SSSR count). The highest BCUT2D eigenvalue weighted by molar-refractivity contribution is 6.34. The van der Waals surface area contributed by atoms with E-state index in [0.717, 1.165) is 0 Å². The zero-order valence-electron chi connectivity index (χ0n) is 7.89. The first kappa shape index (κ1) is 11.7. The molecule has 12 heavy (non-hydrogen) atoms. The summed E-state index contributed by atoms with van der Waals surface area (Å²) in [7, 11) is 0. The number of nitrogens with one attached hydrogen (secondary N) is 1. The SMILES string of the molecule is CC(O)C(C)NC(=O)C(C)(C)Cl. The van der Waals surface area contributed by atoms with Gasteiger partial charge >= 0.3 is 0 Å². The first-order valence-electron chi connectivity index (χ1n) is 3.93. The van der Waals surface area contributed by atoms with Gasteiger partial charge in [-0.1, -0.05) is 0 Å². The number of alkyl halides is 1. The molecule has 0 aliphatic heterocycles. The summed E-state index contributed by atoms with van der Waals surface area (Å²) in [6, 6.07) is -0.268. The van der Waals surface area contributed by atoms with E-state index in [9.17, 15) is 4.79 Å². The van der Waals surface area contributed by atoms with Crippen molar-refractivity contribution in [3.63, 3.8) is 0 Å². The first-order chi connectivity index (χ1) is 5.25. The molecule has 0 radical (unpaired) electrons. The van der Waals surface area contributed by atoms with E-state index < -0.39 is 11.0 Å². The molecule has 0 aliphatic rings. The van der Waals surface area contributed by atoms with Gasteiger partial charge in [0.2, 0.25) is 5.91 Å². The van der Waals surface area contributed by atoms with Gasteiger partial charge < -0.3 is 10.4 Å². The van der Waals surface area contributed by atoms with Gasteiger partial charge in [-0.2, -0.15) is 0 Å². The largest absolute Gasteiger partial charge is 0.391 e. The lowest BCUT2D eigenvalue weighted by Gasteiger charge is -2.21. The number of hydrogen-bond donors (Lipinski definition) is 2. The van der Waals surface area contributed by atoms with Gasteiger partial charge in [-0.25, -0.2) is 0 Å². The van der Waals surface area contributed by atoms with Crippen molar-refractivity contribution in [2.45, 2.75) is 44.7 Å². The van der Waals surface area contributed by atoms with Gasteiger partial charge in [-0.05, 0) is 27.7 Å². The molecular weight excluding hydrogens is 178 g/mol. The van der Waals surface area contributed by atoms with E-state index in [1.807, 2.05) is 0 Å². The second kappa shape index (κ2) is 4.10. The molecule has 4 heteroatoms. The summed E-state index contributed by atoms with van der Waals surface area (Å²) in [4.78, 5) is 10.3. The number of halogens is 1. The molecule has 2 atom stereocenters. The van der Waals surface area contributed by atoms with E-state index in [2.05, 4.69) is 5.32 Å². The van der Waals surface area contributed by atoms with Gasteiger partial charge in [-0.3, -0.25) is 4.79 Å². The summed E-state index contributed by atoms with van der Waals surface area (Å²) in [5, 5.41) is 11.7. The van der Waals surface area contributed by atoms with Crippen molar-refractivity contribution in [2.24, 2.45) is 0 Å². The van der Waals surface area contributed by atoms with E-state index in [1.165, 1.54) is 0 Å². The molecule has 0 aromatic heterocycles. The molecule has 0 aliphatic carbocycles. The molecule has 0 heterocycles. The van der Waals surface area contributed by atoms with E-state index in [1.54, 1.807) is 27.7 Å². The lowest BCUT2D eigenvalue weighted by Crippen LogP contribution is -2.46. The van der Waals surface area contributed by atoms with Crippen LogP contribution in [-0.2, 0) is 4.79 Å². The van der Waals surface area contributed by atoms with Crippen molar-refractivity contribution in [1.29, 1.82) is 0 Å². The average Bonchev–Trinajstić information content (AvgIpc) is 1.85. The molecular formula is C8H16ClNO2. The Labute approximate surface area is 78.1 Å². The topological polar surface area (TPSA) is 49.3 Å². The molecule has 0 saturated carbocycles. The van der Waals surface area contributed by atoms with Crippen LogP contribution in [0.25, 0.3) is 0 Å². The molecule has 0 saturated heterocycles. The van der Waals surface area contributed by atoms with E-state index in [-0.39, 0.29) is 11.9 Å². The Hall–Kier alpha value is -0.280. The van der Waals surface area contributed by atoms with Crippen LogP contribution in [0.1, 0.15) is 27.7 Å². The molecule has 72 valence electrons. The Morgan fingerprint density at radius 3 is 2.17 bits per heavy atom.